The Morgan fingerprint density at radius 1 is 1.17 bits per heavy atom. The van der Waals surface area contributed by atoms with Gasteiger partial charge in [0, 0.05) is 22.6 Å². The lowest BCUT2D eigenvalue weighted by Gasteiger charge is -2.31. The summed E-state index contributed by atoms with van der Waals surface area (Å²) in [7, 11) is -3.14. The van der Waals surface area contributed by atoms with Gasteiger partial charge in [0.2, 0.25) is 0 Å². The maximum absolute atomic E-state index is 13.3. The summed E-state index contributed by atoms with van der Waals surface area (Å²) in [5, 5.41) is 1.27. The van der Waals surface area contributed by atoms with E-state index >= 15 is 0 Å². The molecule has 1 aliphatic heterocycles. The average Bonchev–Trinajstić information content (AvgIpc) is 3.04. The van der Waals surface area contributed by atoms with Crippen LogP contribution in [0, 0.1) is 13.8 Å². The van der Waals surface area contributed by atoms with Gasteiger partial charge in [0.05, 0.1) is 11.5 Å². The van der Waals surface area contributed by atoms with Gasteiger partial charge < -0.3 is 9.64 Å². The highest BCUT2D eigenvalue weighted by Gasteiger charge is 2.36. The summed E-state index contributed by atoms with van der Waals surface area (Å²) in [6, 6.07) is 10.4. The second-order valence-electron chi connectivity index (χ2n) is 7.78. The van der Waals surface area contributed by atoms with Gasteiger partial charge >= 0.3 is 0 Å². The van der Waals surface area contributed by atoms with Gasteiger partial charge in [0.25, 0.3) is 5.91 Å². The number of nitrogens with zero attached hydrogens (tertiary/aromatic N) is 1. The lowest BCUT2D eigenvalue weighted by atomic mass is 10.1. The van der Waals surface area contributed by atoms with Gasteiger partial charge in [-0.2, -0.15) is 0 Å². The van der Waals surface area contributed by atoms with E-state index in [1.165, 1.54) is 0 Å². The van der Waals surface area contributed by atoms with E-state index in [1.807, 2.05) is 26.0 Å². The van der Waals surface area contributed by atoms with Crippen LogP contribution in [0.1, 0.15) is 30.0 Å². The van der Waals surface area contributed by atoms with E-state index in [-0.39, 0.29) is 23.5 Å². The molecule has 2 atom stereocenters. The number of amides is 1. The normalized spacial score (nSPS) is 18.8. The lowest BCUT2D eigenvalue weighted by Crippen LogP contribution is -2.46. The third-order valence-corrected chi connectivity index (χ3v) is 7.87. The number of aryl methyl sites for hydroxylation is 2. The van der Waals surface area contributed by atoms with Crippen LogP contribution in [0.5, 0.6) is 5.75 Å². The fourth-order valence-electron chi connectivity index (χ4n) is 3.66. The molecule has 1 heterocycles. The van der Waals surface area contributed by atoms with Gasteiger partial charge in [0.15, 0.2) is 15.9 Å². The van der Waals surface area contributed by atoms with E-state index in [0.717, 1.165) is 16.7 Å². The number of rotatable bonds is 6. The van der Waals surface area contributed by atoms with Crippen LogP contribution in [0.4, 0.5) is 0 Å². The van der Waals surface area contributed by atoms with Gasteiger partial charge in [-0.3, -0.25) is 4.79 Å². The number of hydrogen-bond acceptors (Lipinski definition) is 4. The van der Waals surface area contributed by atoms with E-state index in [9.17, 15) is 13.2 Å². The molecule has 0 spiro atoms. The SMILES string of the molecule is Cc1cc(O[C@@H](C)C(=O)N(Cc2ccc(Cl)cc2)[C@@H]2CCS(=O)(=O)C2)cc(C)c1Cl. The molecule has 0 unspecified atom stereocenters. The molecule has 1 saturated heterocycles. The van der Waals surface area contributed by atoms with Crippen molar-refractivity contribution in [3.8, 4) is 5.75 Å². The number of carbonyl (C=O) groups is 1. The first-order chi connectivity index (χ1) is 14.1. The van der Waals surface area contributed by atoms with Crippen molar-refractivity contribution in [2.24, 2.45) is 0 Å². The Morgan fingerprint density at radius 2 is 1.77 bits per heavy atom. The van der Waals surface area contributed by atoms with Crippen molar-refractivity contribution in [1.29, 1.82) is 0 Å². The van der Waals surface area contributed by atoms with Crippen molar-refractivity contribution in [3.63, 3.8) is 0 Å². The molecule has 0 N–H and O–H groups in total. The molecule has 1 fully saturated rings. The molecular weight excluding hydrogens is 445 g/mol. The molecule has 5 nitrogen and oxygen atoms in total. The standard InChI is InChI=1S/C22H25Cl2NO4S/c1-14-10-20(11-15(2)21(14)24)29-16(3)22(26)25(19-8-9-30(27,28)13-19)12-17-4-6-18(23)7-5-17/h4-7,10-11,16,19H,8-9,12-13H2,1-3H3/t16-,19+/m0/s1. The van der Waals surface area contributed by atoms with Crippen LogP contribution in [-0.2, 0) is 21.2 Å². The number of halogens is 2. The van der Waals surface area contributed by atoms with E-state index in [4.69, 9.17) is 27.9 Å². The highest BCUT2D eigenvalue weighted by Crippen LogP contribution is 2.27. The maximum Gasteiger partial charge on any atom is 0.263 e. The molecule has 2 aromatic rings. The number of ether oxygens (including phenoxy) is 1. The smallest absolute Gasteiger partial charge is 0.263 e. The Balaban J connectivity index is 1.82. The minimum absolute atomic E-state index is 0.0296. The molecule has 162 valence electrons. The molecule has 8 heteroatoms. The predicted molar refractivity (Wildman–Crippen MR) is 120 cm³/mol. The molecule has 30 heavy (non-hydrogen) atoms. The van der Waals surface area contributed by atoms with Crippen molar-refractivity contribution < 1.29 is 17.9 Å². The largest absolute Gasteiger partial charge is 0.481 e. The summed E-state index contributed by atoms with van der Waals surface area (Å²) in [5.74, 6) is 0.364. The van der Waals surface area contributed by atoms with E-state index in [0.29, 0.717) is 28.8 Å². The van der Waals surface area contributed by atoms with Crippen LogP contribution < -0.4 is 4.74 Å². The van der Waals surface area contributed by atoms with Crippen LogP contribution in [0.15, 0.2) is 36.4 Å². The average molecular weight is 470 g/mol. The summed E-state index contributed by atoms with van der Waals surface area (Å²) in [6.45, 7) is 5.73. The Labute approximate surface area is 187 Å². The van der Waals surface area contributed by atoms with Gasteiger partial charge in [-0.1, -0.05) is 35.3 Å². The van der Waals surface area contributed by atoms with Crippen molar-refractivity contribution in [3.05, 3.63) is 63.1 Å². The molecule has 3 rings (SSSR count). The predicted octanol–water partition coefficient (Wildman–Crippen LogP) is 4.59. The molecule has 2 aromatic carbocycles. The molecular formula is C22H25Cl2NO4S. The summed E-state index contributed by atoms with van der Waals surface area (Å²) in [4.78, 5) is 14.9. The molecule has 0 aliphatic carbocycles. The number of hydrogen-bond donors (Lipinski definition) is 0. The molecule has 1 amide bonds. The number of carbonyl (C=O) groups excluding carboxylic acids is 1. The molecule has 0 radical (unpaired) electrons. The Bertz CT molecular complexity index is 1010. The quantitative estimate of drug-likeness (QED) is 0.620. The van der Waals surface area contributed by atoms with Gasteiger partial charge in [0.1, 0.15) is 5.75 Å². The van der Waals surface area contributed by atoms with Gasteiger partial charge in [-0.05, 0) is 68.1 Å². The number of sulfone groups is 1. The first-order valence-electron chi connectivity index (χ1n) is 9.74. The van der Waals surface area contributed by atoms with Crippen LogP contribution in [0.3, 0.4) is 0 Å². The van der Waals surface area contributed by atoms with E-state index < -0.39 is 15.9 Å². The number of benzene rings is 2. The maximum atomic E-state index is 13.3. The Kier molecular flexibility index (Phi) is 7.00. The fraction of sp³-hybridized carbons (Fsp3) is 0.409. The van der Waals surface area contributed by atoms with Gasteiger partial charge in [-0.25, -0.2) is 8.42 Å². The monoisotopic (exact) mass is 469 g/mol. The molecule has 1 aliphatic rings. The molecule has 0 aromatic heterocycles. The topological polar surface area (TPSA) is 63.7 Å². The Hall–Kier alpha value is -1.76. The summed E-state index contributed by atoms with van der Waals surface area (Å²) >= 11 is 12.2. The molecule has 0 bridgehead atoms. The van der Waals surface area contributed by atoms with Crippen molar-refractivity contribution >= 4 is 38.9 Å². The highest BCUT2D eigenvalue weighted by atomic mass is 35.5. The Morgan fingerprint density at radius 3 is 2.30 bits per heavy atom. The minimum Gasteiger partial charge on any atom is -0.481 e. The third-order valence-electron chi connectivity index (χ3n) is 5.27. The van der Waals surface area contributed by atoms with E-state index in [2.05, 4.69) is 0 Å². The third kappa shape index (κ3) is 5.48. The van der Waals surface area contributed by atoms with Gasteiger partial charge in [-0.15, -0.1) is 0 Å². The van der Waals surface area contributed by atoms with Crippen molar-refractivity contribution in [2.45, 2.75) is 45.9 Å². The van der Waals surface area contributed by atoms with Crippen molar-refractivity contribution in [1.82, 2.24) is 4.90 Å². The summed E-state index contributed by atoms with van der Waals surface area (Å²) in [6.07, 6.45) is -0.353. The zero-order valence-corrected chi connectivity index (χ0v) is 19.5. The second-order valence-corrected chi connectivity index (χ2v) is 10.8. The lowest BCUT2D eigenvalue weighted by molar-refractivity contribution is -0.140. The zero-order valence-electron chi connectivity index (χ0n) is 17.2. The van der Waals surface area contributed by atoms with Crippen LogP contribution in [-0.4, -0.2) is 42.9 Å². The second kappa shape index (κ2) is 9.16. The highest BCUT2D eigenvalue weighted by molar-refractivity contribution is 7.91. The summed E-state index contributed by atoms with van der Waals surface area (Å²) in [5.41, 5.74) is 2.61. The van der Waals surface area contributed by atoms with Crippen LogP contribution >= 0.6 is 23.2 Å². The van der Waals surface area contributed by atoms with Crippen LogP contribution in [0.25, 0.3) is 0 Å². The fourth-order valence-corrected chi connectivity index (χ4v) is 5.62. The molecule has 0 saturated carbocycles. The van der Waals surface area contributed by atoms with Crippen LogP contribution in [0.2, 0.25) is 10.0 Å². The zero-order chi connectivity index (χ0) is 22.1. The van der Waals surface area contributed by atoms with E-state index in [1.54, 1.807) is 36.1 Å². The minimum atomic E-state index is -3.14. The first kappa shape index (κ1) is 22.9. The first-order valence-corrected chi connectivity index (χ1v) is 12.3. The summed E-state index contributed by atoms with van der Waals surface area (Å²) < 4.78 is 30.0. The van der Waals surface area contributed by atoms with Crippen molar-refractivity contribution in [2.75, 3.05) is 11.5 Å².